The van der Waals surface area contributed by atoms with Crippen LogP contribution in [-0.4, -0.2) is 66.5 Å². The van der Waals surface area contributed by atoms with E-state index >= 15 is 4.79 Å². The quantitative estimate of drug-likeness (QED) is 0.0409. The molecule has 14 nitrogen and oxygen atoms in total. The van der Waals surface area contributed by atoms with Crippen LogP contribution in [-0.2, 0) is 33.4 Å². The van der Waals surface area contributed by atoms with Gasteiger partial charge in [-0.2, -0.15) is 0 Å². The Kier molecular flexibility index (Phi) is 19.5. The van der Waals surface area contributed by atoms with Crippen LogP contribution >= 0.6 is 0 Å². The molecule has 1 aromatic carbocycles. The molecule has 1 heterocycles. The van der Waals surface area contributed by atoms with Crippen molar-refractivity contribution in [1.29, 1.82) is 0 Å². The van der Waals surface area contributed by atoms with Crippen LogP contribution in [0.2, 0.25) is 0 Å². The van der Waals surface area contributed by atoms with Crippen LogP contribution in [0.4, 0.5) is 9.59 Å². The lowest BCUT2D eigenvalue weighted by molar-refractivity contribution is -0.204. The molecule has 0 saturated carbocycles. The van der Waals surface area contributed by atoms with E-state index in [1.165, 1.54) is 0 Å². The van der Waals surface area contributed by atoms with Gasteiger partial charge in [-0.1, -0.05) is 70.2 Å². The fourth-order valence-corrected chi connectivity index (χ4v) is 6.92. The minimum atomic E-state index is -1.70. The van der Waals surface area contributed by atoms with E-state index in [4.69, 9.17) is 24.9 Å². The van der Waals surface area contributed by atoms with Gasteiger partial charge in [-0.25, -0.2) is 25.7 Å². The first kappa shape index (κ1) is 48.1. The standard InChI is InChI=1S/C42H69N5O9/c1-28(2)26-31(36(49)46-43)34(37(50)47-56-33-21-15-17-25-53-33)42(27-29(3)4,23-22-30-18-12-11-13-19-30)35(48)32(45-39(52)55-41(8,9)10)20-14-16-24-44-38(51)54-40(5,6)7/h11-13,18-19,22-23,28-29,31-34H,14-17,20-21,24-27,43H2,1-10H3,(H,44,51)(H,45,52)(H,46,49)(H,47,50)/b23-22+/t31-,32-,33?,34-,42?/m1/s1. The van der Waals surface area contributed by atoms with Gasteiger partial charge in [-0.05, 0) is 104 Å². The number of nitrogens with one attached hydrogen (secondary N) is 4. The zero-order valence-corrected chi connectivity index (χ0v) is 35.3. The zero-order chi connectivity index (χ0) is 42.1. The summed E-state index contributed by atoms with van der Waals surface area (Å²) in [7, 11) is 0. The number of carbonyl (C=O) groups excluding carboxylic acids is 5. The Morgan fingerprint density at radius 1 is 0.875 bits per heavy atom. The summed E-state index contributed by atoms with van der Waals surface area (Å²) in [5.74, 6) is 1.27. The molecule has 14 heteroatoms. The van der Waals surface area contributed by atoms with Gasteiger partial charge >= 0.3 is 12.2 Å². The van der Waals surface area contributed by atoms with Gasteiger partial charge in [-0.15, -0.1) is 0 Å². The number of unbranched alkanes of at least 4 members (excludes halogenated alkanes) is 1. The highest BCUT2D eigenvalue weighted by atomic mass is 16.8. The molecule has 0 bridgehead atoms. The minimum absolute atomic E-state index is 0.0895. The van der Waals surface area contributed by atoms with E-state index in [1.54, 1.807) is 53.7 Å². The summed E-state index contributed by atoms with van der Waals surface area (Å²) in [6, 6.07) is 8.14. The van der Waals surface area contributed by atoms with Gasteiger partial charge in [0.05, 0.1) is 23.3 Å². The van der Waals surface area contributed by atoms with Crippen LogP contribution < -0.4 is 27.4 Å². The average Bonchev–Trinajstić information content (AvgIpc) is 3.10. The molecule has 0 spiro atoms. The van der Waals surface area contributed by atoms with Crippen molar-refractivity contribution in [2.24, 2.45) is 34.9 Å². The Hall–Kier alpha value is -4.01. The first-order valence-corrected chi connectivity index (χ1v) is 20.0. The highest BCUT2D eigenvalue weighted by molar-refractivity contribution is 6.00. The molecule has 1 aromatic rings. The Morgan fingerprint density at radius 3 is 2.07 bits per heavy atom. The van der Waals surface area contributed by atoms with Gasteiger partial charge in [0, 0.05) is 19.6 Å². The SMILES string of the molecule is CC(C)C[C@@H](C(=O)NN)[C@H](C(=O)NOC1CCCCO1)C(/C=C/c1ccccc1)(CC(C)C)C(=O)[C@@H](CCCCNC(=O)OC(C)(C)C)NC(=O)OC(C)(C)C. The molecule has 2 unspecified atom stereocenters. The molecular formula is C42H69N5O9. The maximum absolute atomic E-state index is 15.7. The van der Waals surface area contributed by atoms with Crippen molar-refractivity contribution < 1.29 is 43.0 Å². The maximum Gasteiger partial charge on any atom is 0.408 e. The lowest BCUT2D eigenvalue weighted by Gasteiger charge is -2.43. The molecule has 316 valence electrons. The highest BCUT2D eigenvalue weighted by Gasteiger charge is 2.54. The predicted octanol–water partition coefficient (Wildman–Crippen LogP) is 6.73. The van der Waals surface area contributed by atoms with Crippen LogP contribution in [0.3, 0.4) is 0 Å². The molecule has 0 aromatic heterocycles. The number of allylic oxidation sites excluding steroid dienone is 1. The number of nitrogens with two attached hydrogens (primary N) is 1. The molecule has 0 radical (unpaired) electrons. The number of Topliss-reactive ketones (excluding diaryl/α,β-unsaturated/α-hetero) is 1. The van der Waals surface area contributed by atoms with Gasteiger partial charge in [0.2, 0.25) is 11.8 Å². The number of benzene rings is 1. The number of hydrogen-bond donors (Lipinski definition) is 5. The van der Waals surface area contributed by atoms with E-state index in [0.29, 0.717) is 25.9 Å². The third kappa shape index (κ3) is 17.0. The van der Waals surface area contributed by atoms with E-state index in [1.807, 2.05) is 58.0 Å². The van der Waals surface area contributed by atoms with E-state index < -0.39 is 70.6 Å². The van der Waals surface area contributed by atoms with Gasteiger partial charge < -0.3 is 24.8 Å². The average molecular weight is 788 g/mol. The lowest BCUT2D eigenvalue weighted by Crippen LogP contribution is -2.58. The zero-order valence-electron chi connectivity index (χ0n) is 35.3. The smallest absolute Gasteiger partial charge is 0.408 e. The Bertz CT molecular complexity index is 1430. The number of hydroxylamine groups is 1. The topological polar surface area (TPSA) is 196 Å². The Labute approximate surface area is 334 Å². The monoisotopic (exact) mass is 788 g/mol. The van der Waals surface area contributed by atoms with Crippen molar-refractivity contribution in [3.8, 4) is 0 Å². The third-order valence-electron chi connectivity index (χ3n) is 9.05. The largest absolute Gasteiger partial charge is 0.444 e. The number of hydrogen-bond acceptors (Lipinski definition) is 10. The second kappa shape index (κ2) is 22.7. The first-order chi connectivity index (χ1) is 26.2. The number of rotatable bonds is 20. The van der Waals surface area contributed by atoms with Crippen LogP contribution in [0, 0.1) is 29.1 Å². The van der Waals surface area contributed by atoms with E-state index in [-0.39, 0.29) is 37.6 Å². The Balaban J connectivity index is 2.80. The van der Waals surface area contributed by atoms with Crippen molar-refractivity contribution in [3.63, 3.8) is 0 Å². The van der Waals surface area contributed by atoms with Crippen LogP contribution in [0.1, 0.15) is 126 Å². The summed E-state index contributed by atoms with van der Waals surface area (Å²) in [6.07, 6.45) is 4.94. The van der Waals surface area contributed by atoms with Gasteiger partial charge in [-0.3, -0.25) is 19.8 Å². The predicted molar refractivity (Wildman–Crippen MR) is 215 cm³/mol. The second-order valence-corrected chi connectivity index (χ2v) is 17.5. The summed E-state index contributed by atoms with van der Waals surface area (Å²) in [6.45, 7) is 18.9. The fourth-order valence-electron chi connectivity index (χ4n) is 6.92. The van der Waals surface area contributed by atoms with Gasteiger partial charge in [0.15, 0.2) is 12.1 Å². The molecule has 2 rings (SSSR count). The highest BCUT2D eigenvalue weighted by Crippen LogP contribution is 2.46. The van der Waals surface area contributed by atoms with Gasteiger partial charge in [0.25, 0.3) is 0 Å². The third-order valence-corrected chi connectivity index (χ3v) is 9.05. The van der Waals surface area contributed by atoms with Crippen LogP contribution in [0.5, 0.6) is 0 Å². The summed E-state index contributed by atoms with van der Waals surface area (Å²) in [5.41, 5.74) is 2.34. The second-order valence-electron chi connectivity index (χ2n) is 17.5. The summed E-state index contributed by atoms with van der Waals surface area (Å²) in [4.78, 5) is 75.9. The fraction of sp³-hybridized carbons (Fsp3) is 0.690. The number of ketones is 1. The van der Waals surface area contributed by atoms with E-state index in [9.17, 15) is 19.2 Å². The van der Waals surface area contributed by atoms with Crippen molar-refractivity contribution in [2.45, 2.75) is 144 Å². The van der Waals surface area contributed by atoms with E-state index in [2.05, 4.69) is 21.5 Å². The number of hydrazine groups is 1. The minimum Gasteiger partial charge on any atom is -0.444 e. The van der Waals surface area contributed by atoms with Gasteiger partial charge in [0.1, 0.15) is 11.2 Å². The van der Waals surface area contributed by atoms with Crippen molar-refractivity contribution in [3.05, 3.63) is 42.0 Å². The molecule has 56 heavy (non-hydrogen) atoms. The molecule has 4 amide bonds. The lowest BCUT2D eigenvalue weighted by atomic mass is 9.59. The Morgan fingerprint density at radius 2 is 1.52 bits per heavy atom. The molecule has 6 N–H and O–H groups in total. The van der Waals surface area contributed by atoms with Crippen LogP contribution in [0.25, 0.3) is 6.08 Å². The normalized spacial score (nSPS) is 17.7. The number of carbonyl (C=O) groups is 5. The molecule has 1 saturated heterocycles. The van der Waals surface area contributed by atoms with Crippen molar-refractivity contribution in [2.75, 3.05) is 13.2 Å². The number of ether oxygens (including phenoxy) is 3. The van der Waals surface area contributed by atoms with Crippen molar-refractivity contribution in [1.82, 2.24) is 21.5 Å². The van der Waals surface area contributed by atoms with Crippen LogP contribution in [0.15, 0.2) is 36.4 Å². The number of alkyl carbamates (subject to hydrolysis) is 2. The maximum atomic E-state index is 15.7. The molecule has 1 aliphatic rings. The molecule has 1 aliphatic heterocycles. The van der Waals surface area contributed by atoms with E-state index in [0.717, 1.165) is 18.4 Å². The van der Waals surface area contributed by atoms with Crippen molar-refractivity contribution >= 4 is 35.9 Å². The summed E-state index contributed by atoms with van der Waals surface area (Å²) < 4.78 is 16.7. The molecule has 0 aliphatic carbocycles. The molecule has 1 fully saturated rings. The first-order valence-electron chi connectivity index (χ1n) is 20.0. The molecule has 5 atom stereocenters. The number of amides is 4. The molecular weight excluding hydrogens is 718 g/mol. The summed E-state index contributed by atoms with van der Waals surface area (Å²) in [5, 5.41) is 5.55. The summed E-state index contributed by atoms with van der Waals surface area (Å²) >= 11 is 0.